The van der Waals surface area contributed by atoms with Crippen molar-refractivity contribution < 1.29 is 18.3 Å². The molecule has 0 spiro atoms. The van der Waals surface area contributed by atoms with Crippen LogP contribution in [0.3, 0.4) is 0 Å². The average Bonchev–Trinajstić information content (AvgIpc) is 2.82. The molecule has 2 aliphatic rings. The summed E-state index contributed by atoms with van der Waals surface area (Å²) in [7, 11) is 0. The molecule has 1 fully saturated rings. The minimum absolute atomic E-state index is 0.0139. The number of hydrogen-bond acceptors (Lipinski definition) is 2. The first-order valence-electron chi connectivity index (χ1n) is 4.49. The summed E-state index contributed by atoms with van der Waals surface area (Å²) in [5.74, 6) is 0.237. The van der Waals surface area contributed by atoms with E-state index in [9.17, 15) is 13.2 Å². The molecule has 14 heavy (non-hydrogen) atoms. The number of nitrogens with zero attached hydrogens (tertiary/aromatic N) is 1. The standard InChI is InChI=1S/C9H10F3NO/c10-9(11,12)8-7(4-14)6(3-13-8)5-1-2-5/h5,14H,1-4H2. The molecule has 0 unspecified atom stereocenters. The number of hydrogen-bond donors (Lipinski definition) is 1. The van der Waals surface area contributed by atoms with Crippen molar-refractivity contribution in [1.29, 1.82) is 0 Å². The average molecular weight is 205 g/mol. The number of aliphatic hydroxyl groups is 1. The van der Waals surface area contributed by atoms with Crippen molar-refractivity contribution in [3.05, 3.63) is 11.1 Å². The Morgan fingerprint density at radius 1 is 1.36 bits per heavy atom. The van der Waals surface area contributed by atoms with E-state index < -0.39 is 18.5 Å². The highest BCUT2D eigenvalue weighted by Crippen LogP contribution is 2.42. The maximum absolute atomic E-state index is 12.4. The second-order valence-corrected chi connectivity index (χ2v) is 3.60. The molecule has 5 heteroatoms. The highest BCUT2D eigenvalue weighted by atomic mass is 19.4. The molecule has 2 nitrogen and oxygen atoms in total. The molecular weight excluding hydrogens is 195 g/mol. The van der Waals surface area contributed by atoms with Crippen molar-refractivity contribution in [2.75, 3.05) is 13.2 Å². The Hall–Kier alpha value is -0.840. The first-order valence-corrected chi connectivity index (χ1v) is 4.49. The lowest BCUT2D eigenvalue weighted by Gasteiger charge is -2.09. The molecule has 0 aromatic carbocycles. The van der Waals surface area contributed by atoms with Crippen LogP contribution in [0.5, 0.6) is 0 Å². The molecule has 1 heterocycles. The van der Waals surface area contributed by atoms with Crippen LogP contribution in [0.4, 0.5) is 13.2 Å². The highest BCUT2D eigenvalue weighted by molar-refractivity contribution is 6.06. The first kappa shape index (κ1) is 9.71. The van der Waals surface area contributed by atoms with Crippen molar-refractivity contribution in [1.82, 2.24) is 0 Å². The predicted octanol–water partition coefficient (Wildman–Crippen LogP) is 1.70. The fraction of sp³-hybridized carbons (Fsp3) is 0.667. The monoisotopic (exact) mass is 205 g/mol. The van der Waals surface area contributed by atoms with Gasteiger partial charge >= 0.3 is 6.18 Å². The van der Waals surface area contributed by atoms with Crippen molar-refractivity contribution >= 4 is 5.71 Å². The molecular formula is C9H10F3NO. The van der Waals surface area contributed by atoms with Crippen LogP contribution in [-0.2, 0) is 0 Å². The maximum Gasteiger partial charge on any atom is 0.433 e. The van der Waals surface area contributed by atoms with E-state index in [1.807, 2.05) is 0 Å². The van der Waals surface area contributed by atoms with Crippen LogP contribution in [0.15, 0.2) is 16.1 Å². The Kier molecular flexibility index (Phi) is 2.14. The number of aliphatic imine (C=N–C) groups is 1. The molecule has 1 saturated carbocycles. The van der Waals surface area contributed by atoms with Gasteiger partial charge in [-0.1, -0.05) is 0 Å². The van der Waals surface area contributed by atoms with E-state index in [4.69, 9.17) is 5.11 Å². The molecule has 0 atom stereocenters. The number of alkyl halides is 3. The van der Waals surface area contributed by atoms with Crippen LogP contribution in [0, 0.1) is 5.92 Å². The van der Waals surface area contributed by atoms with Crippen molar-refractivity contribution in [2.24, 2.45) is 10.9 Å². The van der Waals surface area contributed by atoms with Gasteiger partial charge in [0, 0.05) is 5.57 Å². The smallest absolute Gasteiger partial charge is 0.392 e. The Morgan fingerprint density at radius 3 is 2.43 bits per heavy atom. The van der Waals surface area contributed by atoms with E-state index in [0.29, 0.717) is 5.57 Å². The summed E-state index contributed by atoms with van der Waals surface area (Å²) in [5.41, 5.74) is -0.165. The Bertz CT molecular complexity index is 313. The molecule has 0 aromatic rings. The van der Waals surface area contributed by atoms with Gasteiger partial charge in [-0.05, 0) is 24.3 Å². The van der Waals surface area contributed by atoms with Gasteiger partial charge in [0.2, 0.25) is 0 Å². The van der Waals surface area contributed by atoms with Crippen molar-refractivity contribution in [3.63, 3.8) is 0 Å². The molecule has 1 aliphatic heterocycles. The molecule has 0 bridgehead atoms. The molecule has 78 valence electrons. The third-order valence-electron chi connectivity index (χ3n) is 2.58. The minimum atomic E-state index is -4.42. The molecule has 0 aromatic heterocycles. The quantitative estimate of drug-likeness (QED) is 0.731. The molecule has 2 rings (SSSR count). The Morgan fingerprint density at radius 2 is 2.00 bits per heavy atom. The summed E-state index contributed by atoms with van der Waals surface area (Å²) in [6.45, 7) is -0.431. The van der Waals surface area contributed by atoms with E-state index >= 15 is 0 Å². The van der Waals surface area contributed by atoms with Gasteiger partial charge in [0.05, 0.1) is 13.2 Å². The zero-order valence-corrected chi connectivity index (χ0v) is 7.43. The highest BCUT2D eigenvalue weighted by Gasteiger charge is 2.43. The van der Waals surface area contributed by atoms with Crippen LogP contribution in [-0.4, -0.2) is 30.1 Å². The lowest BCUT2D eigenvalue weighted by molar-refractivity contribution is -0.0585. The van der Waals surface area contributed by atoms with Gasteiger partial charge in [-0.15, -0.1) is 0 Å². The van der Waals surface area contributed by atoms with Crippen molar-refractivity contribution in [3.8, 4) is 0 Å². The normalized spacial score (nSPS) is 23.0. The first-order chi connectivity index (χ1) is 6.54. The fourth-order valence-corrected chi connectivity index (χ4v) is 1.75. The number of rotatable bonds is 2. The van der Waals surface area contributed by atoms with E-state index in [1.54, 1.807) is 0 Å². The summed E-state index contributed by atoms with van der Waals surface area (Å²) in [5, 5.41) is 8.91. The molecule has 1 N–H and O–H groups in total. The Balaban J connectivity index is 2.28. The maximum atomic E-state index is 12.4. The topological polar surface area (TPSA) is 32.6 Å². The van der Waals surface area contributed by atoms with Crippen LogP contribution >= 0.6 is 0 Å². The van der Waals surface area contributed by atoms with Gasteiger partial charge in [-0.2, -0.15) is 13.2 Å². The summed E-state index contributed by atoms with van der Waals surface area (Å²) in [6, 6.07) is 0. The predicted molar refractivity (Wildman–Crippen MR) is 45.2 cm³/mol. The van der Waals surface area contributed by atoms with Gasteiger partial charge in [-0.3, -0.25) is 4.99 Å². The molecule has 0 radical (unpaired) electrons. The van der Waals surface area contributed by atoms with E-state index in [1.165, 1.54) is 0 Å². The van der Waals surface area contributed by atoms with E-state index in [2.05, 4.69) is 4.99 Å². The van der Waals surface area contributed by atoms with Gasteiger partial charge in [0.15, 0.2) is 0 Å². The minimum Gasteiger partial charge on any atom is -0.392 e. The van der Waals surface area contributed by atoms with Gasteiger partial charge in [0.1, 0.15) is 5.71 Å². The SMILES string of the molecule is OCC1=C(C2CC2)CN=C1C(F)(F)F. The lowest BCUT2D eigenvalue weighted by Crippen LogP contribution is -2.25. The Labute approximate surface area is 79.1 Å². The summed E-state index contributed by atoms with van der Waals surface area (Å²) in [4.78, 5) is 3.46. The second kappa shape index (κ2) is 3.08. The van der Waals surface area contributed by atoms with Gasteiger partial charge in [-0.25, -0.2) is 0 Å². The summed E-state index contributed by atoms with van der Waals surface area (Å²) in [6.07, 6.45) is -2.56. The number of halogens is 3. The molecule has 1 aliphatic carbocycles. The third kappa shape index (κ3) is 1.56. The molecule has 0 saturated heterocycles. The zero-order valence-electron chi connectivity index (χ0n) is 7.43. The van der Waals surface area contributed by atoms with Gasteiger partial charge in [0.25, 0.3) is 0 Å². The molecule has 0 amide bonds. The van der Waals surface area contributed by atoms with Gasteiger partial charge < -0.3 is 5.11 Å². The lowest BCUT2D eigenvalue weighted by atomic mass is 10.0. The zero-order chi connectivity index (χ0) is 10.3. The largest absolute Gasteiger partial charge is 0.433 e. The van der Waals surface area contributed by atoms with Crippen molar-refractivity contribution in [2.45, 2.75) is 19.0 Å². The fourth-order valence-electron chi connectivity index (χ4n) is 1.75. The van der Waals surface area contributed by atoms with E-state index in [0.717, 1.165) is 12.8 Å². The number of aliphatic hydroxyl groups excluding tert-OH is 1. The van der Waals surface area contributed by atoms with Crippen LogP contribution < -0.4 is 0 Å². The van der Waals surface area contributed by atoms with Crippen LogP contribution in [0.25, 0.3) is 0 Å². The second-order valence-electron chi connectivity index (χ2n) is 3.60. The summed E-state index contributed by atoms with van der Waals surface area (Å²) >= 11 is 0. The van der Waals surface area contributed by atoms with Crippen LogP contribution in [0.2, 0.25) is 0 Å². The third-order valence-corrected chi connectivity index (χ3v) is 2.58. The van der Waals surface area contributed by atoms with Crippen LogP contribution in [0.1, 0.15) is 12.8 Å². The van der Waals surface area contributed by atoms with E-state index in [-0.39, 0.29) is 18.0 Å². The summed E-state index contributed by atoms with van der Waals surface area (Å²) < 4.78 is 37.1.